The van der Waals surface area contributed by atoms with E-state index in [1.54, 1.807) is 16.8 Å². The SMILES string of the molecule is Cc1ccc(CN2C(=O)COC[C@H]2C(=O)N(C)Cc2ccccc2)cc1. The van der Waals surface area contributed by atoms with E-state index >= 15 is 0 Å². The van der Waals surface area contributed by atoms with Crippen molar-refractivity contribution in [3.05, 3.63) is 71.3 Å². The lowest BCUT2D eigenvalue weighted by Crippen LogP contribution is -2.56. The molecular weight excluding hydrogens is 328 g/mol. The molecule has 2 amide bonds. The first kappa shape index (κ1) is 18.1. The summed E-state index contributed by atoms with van der Waals surface area (Å²) in [5.41, 5.74) is 3.23. The highest BCUT2D eigenvalue weighted by atomic mass is 16.5. The minimum atomic E-state index is -0.591. The summed E-state index contributed by atoms with van der Waals surface area (Å²) in [6, 6.07) is 17.2. The van der Waals surface area contributed by atoms with E-state index in [0.717, 1.165) is 16.7 Å². The Hall–Kier alpha value is -2.66. The van der Waals surface area contributed by atoms with Crippen molar-refractivity contribution >= 4 is 11.8 Å². The minimum absolute atomic E-state index is 0.0258. The highest BCUT2D eigenvalue weighted by molar-refractivity contribution is 5.89. The number of aryl methyl sites for hydroxylation is 1. The van der Waals surface area contributed by atoms with Crippen LogP contribution < -0.4 is 0 Å². The predicted octanol–water partition coefficient (Wildman–Crippen LogP) is 2.38. The van der Waals surface area contributed by atoms with Crippen LogP contribution in [0.25, 0.3) is 0 Å². The van der Waals surface area contributed by atoms with Gasteiger partial charge in [0.15, 0.2) is 0 Å². The molecule has 0 unspecified atom stereocenters. The molecule has 1 heterocycles. The van der Waals surface area contributed by atoms with E-state index in [0.29, 0.717) is 13.1 Å². The topological polar surface area (TPSA) is 49.9 Å². The maximum absolute atomic E-state index is 13.0. The number of amides is 2. The number of hydrogen-bond acceptors (Lipinski definition) is 3. The fourth-order valence-electron chi connectivity index (χ4n) is 3.09. The van der Waals surface area contributed by atoms with Crippen molar-refractivity contribution in [1.29, 1.82) is 0 Å². The molecule has 5 heteroatoms. The minimum Gasteiger partial charge on any atom is -0.369 e. The molecule has 0 radical (unpaired) electrons. The number of rotatable bonds is 5. The molecule has 1 aliphatic heterocycles. The average molecular weight is 352 g/mol. The van der Waals surface area contributed by atoms with E-state index in [9.17, 15) is 9.59 Å². The molecule has 26 heavy (non-hydrogen) atoms. The normalized spacial score (nSPS) is 17.2. The van der Waals surface area contributed by atoms with Crippen molar-refractivity contribution < 1.29 is 14.3 Å². The Morgan fingerprint density at radius 2 is 1.81 bits per heavy atom. The molecule has 0 spiro atoms. The van der Waals surface area contributed by atoms with E-state index in [2.05, 4.69) is 0 Å². The maximum atomic E-state index is 13.0. The van der Waals surface area contributed by atoms with Crippen LogP contribution in [-0.2, 0) is 27.4 Å². The molecule has 0 N–H and O–H groups in total. The third-order valence-corrected chi connectivity index (χ3v) is 4.60. The van der Waals surface area contributed by atoms with Gasteiger partial charge in [-0.05, 0) is 18.1 Å². The van der Waals surface area contributed by atoms with E-state index in [4.69, 9.17) is 4.74 Å². The number of carbonyl (C=O) groups is 2. The maximum Gasteiger partial charge on any atom is 0.249 e. The van der Waals surface area contributed by atoms with Gasteiger partial charge >= 0.3 is 0 Å². The lowest BCUT2D eigenvalue weighted by Gasteiger charge is -2.36. The van der Waals surface area contributed by atoms with Gasteiger partial charge in [0.05, 0.1) is 6.61 Å². The zero-order valence-corrected chi connectivity index (χ0v) is 15.2. The van der Waals surface area contributed by atoms with Crippen LogP contribution in [0.2, 0.25) is 0 Å². The standard InChI is InChI=1S/C21H24N2O3/c1-16-8-10-18(11-9-16)13-23-19(14-26-15-20(23)24)21(25)22(2)12-17-6-4-3-5-7-17/h3-11,19H,12-15H2,1-2H3/t19-/m0/s1. The van der Waals surface area contributed by atoms with Crippen molar-refractivity contribution in [2.75, 3.05) is 20.3 Å². The number of nitrogens with zero attached hydrogens (tertiary/aromatic N) is 2. The second-order valence-electron chi connectivity index (χ2n) is 6.72. The molecule has 3 rings (SSSR count). The summed E-state index contributed by atoms with van der Waals surface area (Å²) in [4.78, 5) is 28.6. The first-order valence-corrected chi connectivity index (χ1v) is 8.76. The second kappa shape index (κ2) is 8.15. The molecule has 136 valence electrons. The van der Waals surface area contributed by atoms with E-state index < -0.39 is 6.04 Å². The fourth-order valence-corrected chi connectivity index (χ4v) is 3.09. The van der Waals surface area contributed by atoms with Gasteiger partial charge in [-0.3, -0.25) is 9.59 Å². The zero-order valence-electron chi connectivity index (χ0n) is 15.2. The predicted molar refractivity (Wildman–Crippen MR) is 99.3 cm³/mol. The molecule has 1 atom stereocenters. The van der Waals surface area contributed by atoms with Crippen molar-refractivity contribution in [1.82, 2.24) is 9.80 Å². The number of ether oxygens (including phenoxy) is 1. The molecular formula is C21H24N2O3. The molecule has 0 bridgehead atoms. The number of benzene rings is 2. The lowest BCUT2D eigenvalue weighted by molar-refractivity contribution is -0.159. The first-order valence-electron chi connectivity index (χ1n) is 8.76. The van der Waals surface area contributed by atoms with Crippen LogP contribution in [-0.4, -0.2) is 47.9 Å². The summed E-state index contributed by atoms with van der Waals surface area (Å²) in [5.74, 6) is -0.252. The molecule has 1 fully saturated rings. The van der Waals surface area contributed by atoms with E-state index in [1.807, 2.05) is 61.5 Å². The van der Waals surface area contributed by atoms with E-state index in [-0.39, 0.29) is 25.0 Å². The first-order chi connectivity index (χ1) is 12.5. The molecule has 0 saturated carbocycles. The Labute approximate surface area is 154 Å². The fraction of sp³-hybridized carbons (Fsp3) is 0.333. The van der Waals surface area contributed by atoms with Crippen LogP contribution in [0.3, 0.4) is 0 Å². The smallest absolute Gasteiger partial charge is 0.249 e. The Balaban J connectivity index is 1.73. The highest BCUT2D eigenvalue weighted by Crippen LogP contribution is 2.17. The third kappa shape index (κ3) is 4.29. The van der Waals surface area contributed by atoms with Crippen LogP contribution in [0.4, 0.5) is 0 Å². The summed E-state index contributed by atoms with van der Waals surface area (Å²) in [6.07, 6.45) is 0. The molecule has 0 aliphatic carbocycles. The van der Waals surface area contributed by atoms with Gasteiger partial charge in [-0.1, -0.05) is 60.2 Å². The average Bonchev–Trinajstić information content (AvgIpc) is 2.65. The van der Waals surface area contributed by atoms with Crippen LogP contribution in [0, 0.1) is 6.92 Å². The molecule has 2 aromatic carbocycles. The van der Waals surface area contributed by atoms with Gasteiger partial charge in [-0.25, -0.2) is 0 Å². The van der Waals surface area contributed by atoms with Crippen LogP contribution in [0.5, 0.6) is 0 Å². The van der Waals surface area contributed by atoms with Gasteiger partial charge in [0.1, 0.15) is 12.6 Å². The van der Waals surface area contributed by atoms with Gasteiger partial charge in [-0.2, -0.15) is 0 Å². The van der Waals surface area contributed by atoms with E-state index in [1.165, 1.54) is 0 Å². The van der Waals surface area contributed by atoms with Gasteiger partial charge in [0.2, 0.25) is 11.8 Å². The summed E-state index contributed by atoms with van der Waals surface area (Å²) in [5, 5.41) is 0. The van der Waals surface area contributed by atoms with Gasteiger partial charge < -0.3 is 14.5 Å². The van der Waals surface area contributed by atoms with Crippen molar-refractivity contribution in [2.45, 2.75) is 26.1 Å². The van der Waals surface area contributed by atoms with Crippen molar-refractivity contribution in [3.63, 3.8) is 0 Å². The monoisotopic (exact) mass is 352 g/mol. The van der Waals surface area contributed by atoms with Gasteiger partial charge in [-0.15, -0.1) is 0 Å². The third-order valence-electron chi connectivity index (χ3n) is 4.60. The quantitative estimate of drug-likeness (QED) is 0.830. The summed E-state index contributed by atoms with van der Waals surface area (Å²) in [7, 11) is 1.76. The second-order valence-corrected chi connectivity index (χ2v) is 6.72. The lowest BCUT2D eigenvalue weighted by atomic mass is 10.1. The summed E-state index contributed by atoms with van der Waals surface area (Å²) >= 11 is 0. The zero-order chi connectivity index (χ0) is 18.5. The summed E-state index contributed by atoms with van der Waals surface area (Å²) in [6.45, 7) is 3.20. The largest absolute Gasteiger partial charge is 0.369 e. The number of likely N-dealkylation sites (N-methyl/N-ethyl adjacent to an activating group) is 1. The highest BCUT2D eigenvalue weighted by Gasteiger charge is 2.35. The van der Waals surface area contributed by atoms with Crippen LogP contribution in [0.1, 0.15) is 16.7 Å². The van der Waals surface area contributed by atoms with Gasteiger partial charge in [0.25, 0.3) is 0 Å². The summed E-state index contributed by atoms with van der Waals surface area (Å²) < 4.78 is 5.36. The molecule has 1 aliphatic rings. The number of hydrogen-bond donors (Lipinski definition) is 0. The molecule has 2 aromatic rings. The van der Waals surface area contributed by atoms with Gasteiger partial charge in [0, 0.05) is 20.1 Å². The van der Waals surface area contributed by atoms with Crippen molar-refractivity contribution in [2.24, 2.45) is 0 Å². The number of morpholine rings is 1. The van der Waals surface area contributed by atoms with Crippen LogP contribution in [0.15, 0.2) is 54.6 Å². The number of carbonyl (C=O) groups excluding carboxylic acids is 2. The van der Waals surface area contributed by atoms with Crippen molar-refractivity contribution in [3.8, 4) is 0 Å². The Morgan fingerprint density at radius 1 is 1.12 bits per heavy atom. The molecule has 5 nitrogen and oxygen atoms in total. The Kier molecular flexibility index (Phi) is 5.68. The Bertz CT molecular complexity index is 759. The van der Waals surface area contributed by atoms with Crippen LogP contribution >= 0.6 is 0 Å². The Morgan fingerprint density at radius 3 is 2.50 bits per heavy atom. The molecule has 1 saturated heterocycles. The molecule has 0 aromatic heterocycles.